The normalized spacial score (nSPS) is 16.7. The zero-order valence-electron chi connectivity index (χ0n) is 15.4. The number of benzene rings is 2. The highest BCUT2D eigenvalue weighted by molar-refractivity contribution is 7.90. The van der Waals surface area contributed by atoms with Gasteiger partial charge in [-0.05, 0) is 30.2 Å². The lowest BCUT2D eigenvalue weighted by atomic mass is 10.1. The Labute approximate surface area is 162 Å². The number of esters is 1. The molecular formula is C20H20N2O5S. The standard InChI is InChI=1S/C20H20N2O5S/c1-26-19(23)15-7-8-17-18(11-15)22(12-16-9-10-27-16)20(21-17)28(24,25)13-14-5-3-2-4-6-14/h2-8,11,16H,9-10,12-13H2,1H3/t16-/m0/s1. The van der Waals surface area contributed by atoms with Crippen molar-refractivity contribution < 1.29 is 22.7 Å². The van der Waals surface area contributed by atoms with Gasteiger partial charge in [0.2, 0.25) is 15.0 Å². The molecular weight excluding hydrogens is 380 g/mol. The van der Waals surface area contributed by atoms with Crippen LogP contribution in [-0.4, -0.2) is 43.8 Å². The Morgan fingerprint density at radius 1 is 1.25 bits per heavy atom. The van der Waals surface area contributed by atoms with Crippen LogP contribution in [0.5, 0.6) is 0 Å². The van der Waals surface area contributed by atoms with Crippen LogP contribution in [0.15, 0.2) is 53.7 Å². The summed E-state index contributed by atoms with van der Waals surface area (Å²) in [7, 11) is -2.39. The van der Waals surface area contributed by atoms with Crippen LogP contribution in [0.2, 0.25) is 0 Å². The summed E-state index contributed by atoms with van der Waals surface area (Å²) in [6.45, 7) is 1.03. The molecule has 0 saturated carbocycles. The number of sulfone groups is 1. The number of carbonyl (C=O) groups is 1. The van der Waals surface area contributed by atoms with E-state index in [0.717, 1.165) is 6.42 Å². The van der Waals surface area contributed by atoms with Crippen LogP contribution >= 0.6 is 0 Å². The molecule has 0 unspecified atom stereocenters. The molecule has 0 amide bonds. The lowest BCUT2D eigenvalue weighted by Crippen LogP contribution is -2.32. The molecule has 1 saturated heterocycles. The van der Waals surface area contributed by atoms with Crippen LogP contribution in [0.25, 0.3) is 11.0 Å². The highest BCUT2D eigenvalue weighted by Crippen LogP contribution is 2.26. The van der Waals surface area contributed by atoms with Crippen LogP contribution in [0.4, 0.5) is 0 Å². The quantitative estimate of drug-likeness (QED) is 0.591. The van der Waals surface area contributed by atoms with E-state index in [9.17, 15) is 13.2 Å². The number of fused-ring (bicyclic) bond motifs is 1. The monoisotopic (exact) mass is 400 g/mol. The summed E-state index contributed by atoms with van der Waals surface area (Å²) in [6, 6.07) is 13.8. The maximum atomic E-state index is 13.1. The first kappa shape index (κ1) is 18.6. The number of hydrogen-bond donors (Lipinski definition) is 0. The fourth-order valence-electron chi connectivity index (χ4n) is 3.25. The highest BCUT2D eigenvalue weighted by Gasteiger charge is 2.28. The van der Waals surface area contributed by atoms with Gasteiger partial charge < -0.3 is 14.0 Å². The molecule has 28 heavy (non-hydrogen) atoms. The Balaban J connectivity index is 1.81. The van der Waals surface area contributed by atoms with E-state index < -0.39 is 15.8 Å². The van der Waals surface area contributed by atoms with Crippen LogP contribution in [0.1, 0.15) is 22.3 Å². The van der Waals surface area contributed by atoms with E-state index in [-0.39, 0.29) is 17.0 Å². The number of nitrogens with zero attached hydrogens (tertiary/aromatic N) is 2. The van der Waals surface area contributed by atoms with Gasteiger partial charge in [0, 0.05) is 6.61 Å². The molecule has 1 atom stereocenters. The van der Waals surface area contributed by atoms with Crippen molar-refractivity contribution in [3.05, 3.63) is 59.7 Å². The van der Waals surface area contributed by atoms with Gasteiger partial charge in [-0.1, -0.05) is 30.3 Å². The molecule has 2 aromatic carbocycles. The average molecular weight is 400 g/mol. The van der Waals surface area contributed by atoms with Gasteiger partial charge in [0.15, 0.2) is 0 Å². The second kappa shape index (κ2) is 7.37. The molecule has 7 nitrogen and oxygen atoms in total. The summed E-state index contributed by atoms with van der Waals surface area (Å²) in [5, 5.41) is -0.0103. The lowest BCUT2D eigenvalue weighted by Gasteiger charge is -2.27. The number of carbonyl (C=O) groups excluding carboxylic acids is 1. The van der Waals surface area contributed by atoms with Gasteiger partial charge in [-0.25, -0.2) is 18.2 Å². The van der Waals surface area contributed by atoms with Gasteiger partial charge in [0.1, 0.15) is 0 Å². The van der Waals surface area contributed by atoms with Crippen molar-refractivity contribution in [3.8, 4) is 0 Å². The Morgan fingerprint density at radius 3 is 2.64 bits per heavy atom. The first-order chi connectivity index (χ1) is 13.5. The Hall–Kier alpha value is -2.71. The Morgan fingerprint density at radius 2 is 2.00 bits per heavy atom. The van der Waals surface area contributed by atoms with E-state index >= 15 is 0 Å². The molecule has 0 aliphatic carbocycles. The Bertz CT molecular complexity index is 1120. The van der Waals surface area contributed by atoms with Crippen molar-refractivity contribution in [2.45, 2.75) is 30.0 Å². The first-order valence-corrected chi connectivity index (χ1v) is 10.6. The zero-order valence-corrected chi connectivity index (χ0v) is 16.2. The van der Waals surface area contributed by atoms with Crippen LogP contribution in [0, 0.1) is 0 Å². The van der Waals surface area contributed by atoms with E-state index in [1.807, 2.05) is 6.07 Å². The highest BCUT2D eigenvalue weighted by atomic mass is 32.2. The van der Waals surface area contributed by atoms with Crippen molar-refractivity contribution in [1.29, 1.82) is 0 Å². The van der Waals surface area contributed by atoms with Crippen molar-refractivity contribution in [2.24, 2.45) is 0 Å². The fourth-order valence-corrected chi connectivity index (χ4v) is 4.76. The third-order valence-electron chi connectivity index (χ3n) is 4.79. The Kier molecular flexibility index (Phi) is 4.91. The maximum Gasteiger partial charge on any atom is 0.337 e. The predicted octanol–water partition coefficient (Wildman–Crippen LogP) is 2.59. The minimum Gasteiger partial charge on any atom is -0.465 e. The smallest absolute Gasteiger partial charge is 0.337 e. The third kappa shape index (κ3) is 3.53. The van der Waals surface area contributed by atoms with Crippen LogP contribution < -0.4 is 0 Å². The van der Waals surface area contributed by atoms with Gasteiger partial charge in [0.05, 0.1) is 42.1 Å². The molecule has 4 rings (SSSR count). The molecule has 146 valence electrons. The summed E-state index contributed by atoms with van der Waals surface area (Å²) in [4.78, 5) is 16.3. The predicted molar refractivity (Wildman–Crippen MR) is 103 cm³/mol. The van der Waals surface area contributed by atoms with Gasteiger partial charge >= 0.3 is 5.97 Å². The van der Waals surface area contributed by atoms with E-state index in [1.165, 1.54) is 7.11 Å². The fraction of sp³-hybridized carbons (Fsp3) is 0.300. The molecule has 0 N–H and O–H groups in total. The number of methoxy groups -OCH3 is 1. The number of hydrogen-bond acceptors (Lipinski definition) is 6. The third-order valence-corrected chi connectivity index (χ3v) is 6.37. The van der Waals surface area contributed by atoms with E-state index in [2.05, 4.69) is 4.98 Å². The zero-order chi connectivity index (χ0) is 19.7. The number of aromatic nitrogens is 2. The molecule has 1 aromatic heterocycles. The molecule has 1 aliphatic heterocycles. The number of ether oxygens (including phenoxy) is 2. The van der Waals surface area contributed by atoms with Crippen molar-refractivity contribution in [2.75, 3.05) is 13.7 Å². The molecule has 0 radical (unpaired) electrons. The second-order valence-electron chi connectivity index (χ2n) is 6.73. The summed E-state index contributed by atoms with van der Waals surface area (Å²) >= 11 is 0. The first-order valence-electron chi connectivity index (χ1n) is 8.95. The summed E-state index contributed by atoms with van der Waals surface area (Å²) in [5.41, 5.74) is 2.12. The summed E-state index contributed by atoms with van der Waals surface area (Å²) in [5.74, 6) is -0.629. The van der Waals surface area contributed by atoms with Gasteiger partial charge in [-0.15, -0.1) is 0 Å². The van der Waals surface area contributed by atoms with Crippen molar-refractivity contribution in [3.63, 3.8) is 0 Å². The molecule has 0 spiro atoms. The van der Waals surface area contributed by atoms with Crippen molar-refractivity contribution in [1.82, 2.24) is 9.55 Å². The van der Waals surface area contributed by atoms with E-state index in [0.29, 0.717) is 35.3 Å². The average Bonchev–Trinajstić information content (AvgIpc) is 3.03. The number of rotatable bonds is 6. The second-order valence-corrected chi connectivity index (χ2v) is 8.61. The number of imidazole rings is 1. The van der Waals surface area contributed by atoms with E-state index in [4.69, 9.17) is 9.47 Å². The molecule has 8 heteroatoms. The summed E-state index contributed by atoms with van der Waals surface area (Å²) in [6.07, 6.45) is 0.791. The molecule has 3 aromatic rings. The van der Waals surface area contributed by atoms with Crippen molar-refractivity contribution >= 4 is 26.8 Å². The molecule has 1 aliphatic rings. The SMILES string of the molecule is COC(=O)c1ccc2nc(S(=O)(=O)Cc3ccccc3)n(C[C@@H]3CCO3)c2c1. The largest absolute Gasteiger partial charge is 0.465 e. The summed E-state index contributed by atoms with van der Waals surface area (Å²) < 4.78 is 38.2. The van der Waals surface area contributed by atoms with Gasteiger partial charge in [-0.2, -0.15) is 0 Å². The minimum absolute atomic E-state index is 0.0103. The lowest BCUT2D eigenvalue weighted by molar-refractivity contribution is -0.0598. The molecule has 1 fully saturated rings. The van der Waals surface area contributed by atoms with Gasteiger partial charge in [0.25, 0.3) is 0 Å². The molecule has 0 bridgehead atoms. The van der Waals surface area contributed by atoms with Crippen LogP contribution in [0.3, 0.4) is 0 Å². The van der Waals surface area contributed by atoms with E-state index in [1.54, 1.807) is 47.0 Å². The molecule has 2 heterocycles. The topological polar surface area (TPSA) is 87.5 Å². The minimum atomic E-state index is -3.69. The van der Waals surface area contributed by atoms with Crippen LogP contribution in [-0.2, 0) is 31.6 Å². The maximum absolute atomic E-state index is 13.1. The van der Waals surface area contributed by atoms with Gasteiger partial charge in [-0.3, -0.25) is 0 Å².